The van der Waals surface area contributed by atoms with Crippen LogP contribution in [0.3, 0.4) is 0 Å². The van der Waals surface area contributed by atoms with E-state index in [1.165, 1.54) is 24.4 Å². The number of aromatic nitrogens is 2. The summed E-state index contributed by atoms with van der Waals surface area (Å²) in [5, 5.41) is 12.5. The average molecular weight is 375 g/mol. The molecule has 1 aliphatic rings. The first-order valence-corrected chi connectivity index (χ1v) is 8.64. The van der Waals surface area contributed by atoms with Crippen molar-refractivity contribution in [2.45, 2.75) is 18.5 Å². The summed E-state index contributed by atoms with van der Waals surface area (Å²) >= 11 is 0. The molecule has 3 heterocycles. The van der Waals surface area contributed by atoms with Crippen LogP contribution in [0.4, 0.5) is 8.78 Å². The van der Waals surface area contributed by atoms with E-state index in [0.29, 0.717) is 22.7 Å². The molecule has 0 saturated heterocycles. The number of hydrogen-bond donors (Lipinski definition) is 1. The van der Waals surface area contributed by atoms with Gasteiger partial charge in [0.05, 0.1) is 17.7 Å². The molecule has 0 spiro atoms. The zero-order chi connectivity index (χ0) is 19.7. The predicted octanol–water partition coefficient (Wildman–Crippen LogP) is 3.31. The second kappa shape index (κ2) is 6.82. The van der Waals surface area contributed by atoms with Crippen molar-refractivity contribution in [2.75, 3.05) is 0 Å². The van der Waals surface area contributed by atoms with Crippen molar-refractivity contribution < 1.29 is 8.78 Å². The van der Waals surface area contributed by atoms with Crippen LogP contribution >= 0.6 is 0 Å². The molecule has 3 aromatic rings. The standard InChI is InChI=1S/C21H15F2N5/c1-13-21(15-2-5-17(22)6-3-15,16-4-7-19(23)26-12-16)28-20(27-13)18-10-14(11-24)8-9-25-18/h2-10,12-13H,1H3,(H,27,28)/t13-,21?/m0/s1. The van der Waals surface area contributed by atoms with Crippen molar-refractivity contribution >= 4 is 5.84 Å². The van der Waals surface area contributed by atoms with Crippen LogP contribution in [0.1, 0.15) is 29.3 Å². The lowest BCUT2D eigenvalue weighted by Crippen LogP contribution is -2.41. The van der Waals surface area contributed by atoms with Crippen LogP contribution in [-0.2, 0) is 5.54 Å². The second-order valence-corrected chi connectivity index (χ2v) is 6.51. The third kappa shape index (κ3) is 2.89. The van der Waals surface area contributed by atoms with E-state index < -0.39 is 11.5 Å². The molecule has 1 aromatic carbocycles. The third-order valence-corrected chi connectivity index (χ3v) is 4.85. The van der Waals surface area contributed by atoms with Gasteiger partial charge < -0.3 is 5.32 Å². The number of amidine groups is 1. The molecule has 5 nitrogen and oxygen atoms in total. The highest BCUT2D eigenvalue weighted by atomic mass is 19.1. The van der Waals surface area contributed by atoms with Crippen LogP contribution in [0.25, 0.3) is 0 Å². The molecule has 0 radical (unpaired) electrons. The minimum Gasteiger partial charge on any atom is -0.363 e. The maximum Gasteiger partial charge on any atom is 0.212 e. The van der Waals surface area contributed by atoms with Crippen molar-refractivity contribution in [3.05, 3.63) is 95.1 Å². The number of nitrogens with zero attached hydrogens (tertiary/aromatic N) is 4. The molecule has 0 saturated carbocycles. The largest absolute Gasteiger partial charge is 0.363 e. The molecule has 1 aliphatic heterocycles. The van der Waals surface area contributed by atoms with Gasteiger partial charge in [0.15, 0.2) is 0 Å². The zero-order valence-electron chi connectivity index (χ0n) is 14.9. The maximum absolute atomic E-state index is 13.5. The van der Waals surface area contributed by atoms with Crippen molar-refractivity contribution in [1.82, 2.24) is 15.3 Å². The second-order valence-electron chi connectivity index (χ2n) is 6.51. The highest BCUT2D eigenvalue weighted by Crippen LogP contribution is 2.40. The van der Waals surface area contributed by atoms with E-state index in [4.69, 9.17) is 10.3 Å². The Morgan fingerprint density at radius 2 is 1.79 bits per heavy atom. The molecule has 2 atom stereocenters. The van der Waals surface area contributed by atoms with Gasteiger partial charge in [0.2, 0.25) is 5.95 Å². The van der Waals surface area contributed by atoms with Gasteiger partial charge in [-0.3, -0.25) is 4.98 Å². The fraction of sp³-hybridized carbons (Fsp3) is 0.143. The van der Waals surface area contributed by atoms with Crippen molar-refractivity contribution in [3.8, 4) is 6.07 Å². The minimum atomic E-state index is -0.950. The Bertz CT molecular complexity index is 1040. The normalized spacial score (nSPS) is 20.9. The first-order chi connectivity index (χ1) is 13.5. The Balaban J connectivity index is 1.92. The molecule has 0 fully saturated rings. The van der Waals surface area contributed by atoms with E-state index in [0.717, 1.165) is 5.56 Å². The Morgan fingerprint density at radius 3 is 2.46 bits per heavy atom. The summed E-state index contributed by atoms with van der Waals surface area (Å²) in [4.78, 5) is 13.0. The van der Waals surface area contributed by atoms with Gasteiger partial charge in [0, 0.05) is 18.0 Å². The van der Waals surface area contributed by atoms with Crippen LogP contribution in [0, 0.1) is 23.1 Å². The van der Waals surface area contributed by atoms with Gasteiger partial charge in [-0.05, 0) is 42.8 Å². The lowest BCUT2D eigenvalue weighted by molar-refractivity contribution is 0.449. The topological polar surface area (TPSA) is 74.0 Å². The van der Waals surface area contributed by atoms with Crippen molar-refractivity contribution in [2.24, 2.45) is 4.99 Å². The maximum atomic E-state index is 13.5. The van der Waals surface area contributed by atoms with E-state index in [1.807, 2.05) is 6.92 Å². The summed E-state index contributed by atoms with van der Waals surface area (Å²) in [6, 6.07) is 14.0. The van der Waals surface area contributed by atoms with Gasteiger partial charge in [-0.2, -0.15) is 9.65 Å². The highest BCUT2D eigenvalue weighted by Gasteiger charge is 2.45. The number of nitriles is 1. The number of halogens is 2. The highest BCUT2D eigenvalue weighted by molar-refractivity contribution is 5.99. The van der Waals surface area contributed by atoms with Crippen molar-refractivity contribution in [1.29, 1.82) is 5.26 Å². The van der Waals surface area contributed by atoms with E-state index in [2.05, 4.69) is 21.4 Å². The van der Waals surface area contributed by atoms with Gasteiger partial charge in [-0.1, -0.05) is 18.2 Å². The number of rotatable bonds is 3. The molecule has 138 valence electrons. The summed E-state index contributed by atoms with van der Waals surface area (Å²) in [6.07, 6.45) is 2.97. The lowest BCUT2D eigenvalue weighted by Gasteiger charge is -2.31. The van der Waals surface area contributed by atoms with Gasteiger partial charge in [0.1, 0.15) is 22.9 Å². The number of nitrogens with one attached hydrogen (secondary N) is 1. The van der Waals surface area contributed by atoms with Gasteiger partial charge in [0.25, 0.3) is 0 Å². The Hall–Kier alpha value is -3.66. The molecular formula is C21H15F2N5. The van der Waals surface area contributed by atoms with Gasteiger partial charge >= 0.3 is 0 Å². The molecule has 0 bridgehead atoms. The number of aliphatic imine (C=N–C) groups is 1. The Labute approximate surface area is 160 Å². The SMILES string of the molecule is C[C@@H]1NC(c2cc(C#N)ccn2)=NC1(c1ccc(F)cc1)c1ccc(F)nc1. The smallest absolute Gasteiger partial charge is 0.212 e. The molecular weight excluding hydrogens is 360 g/mol. The average Bonchev–Trinajstić information content (AvgIpc) is 3.07. The first kappa shape index (κ1) is 17.7. The Kier molecular flexibility index (Phi) is 4.32. The van der Waals surface area contributed by atoms with E-state index in [-0.39, 0.29) is 11.9 Å². The summed E-state index contributed by atoms with van der Waals surface area (Å²) in [6.45, 7) is 1.93. The molecule has 1 N–H and O–H groups in total. The summed E-state index contributed by atoms with van der Waals surface area (Å²) in [7, 11) is 0. The summed E-state index contributed by atoms with van der Waals surface area (Å²) in [5.74, 6) is -0.454. The molecule has 7 heteroatoms. The molecule has 2 aromatic heterocycles. The predicted molar refractivity (Wildman–Crippen MR) is 99.5 cm³/mol. The minimum absolute atomic E-state index is 0.257. The van der Waals surface area contributed by atoms with Crippen LogP contribution < -0.4 is 5.32 Å². The van der Waals surface area contributed by atoms with Crippen LogP contribution in [0.5, 0.6) is 0 Å². The van der Waals surface area contributed by atoms with Crippen LogP contribution in [0.2, 0.25) is 0 Å². The molecule has 0 aliphatic carbocycles. The van der Waals surface area contributed by atoms with Crippen LogP contribution in [-0.4, -0.2) is 21.8 Å². The van der Waals surface area contributed by atoms with Gasteiger partial charge in [-0.25, -0.2) is 14.4 Å². The quantitative estimate of drug-likeness (QED) is 0.713. The van der Waals surface area contributed by atoms with E-state index in [1.54, 1.807) is 36.5 Å². The fourth-order valence-electron chi connectivity index (χ4n) is 3.48. The van der Waals surface area contributed by atoms with Crippen LogP contribution in [0.15, 0.2) is 65.9 Å². The fourth-order valence-corrected chi connectivity index (χ4v) is 3.48. The lowest BCUT2D eigenvalue weighted by atomic mass is 9.79. The molecule has 1 unspecified atom stereocenters. The number of benzene rings is 1. The van der Waals surface area contributed by atoms with E-state index in [9.17, 15) is 8.78 Å². The third-order valence-electron chi connectivity index (χ3n) is 4.85. The molecule has 4 rings (SSSR count). The Morgan fingerprint density at radius 1 is 1.04 bits per heavy atom. The summed E-state index contributed by atoms with van der Waals surface area (Å²) in [5.41, 5.74) is 1.42. The summed E-state index contributed by atoms with van der Waals surface area (Å²) < 4.78 is 26.9. The number of hydrogen-bond acceptors (Lipinski definition) is 5. The zero-order valence-corrected chi connectivity index (χ0v) is 14.9. The van der Waals surface area contributed by atoms with Crippen molar-refractivity contribution in [3.63, 3.8) is 0 Å². The monoisotopic (exact) mass is 375 g/mol. The molecule has 0 amide bonds. The van der Waals surface area contributed by atoms with Gasteiger partial charge in [-0.15, -0.1) is 0 Å². The van der Waals surface area contributed by atoms with E-state index >= 15 is 0 Å². The molecule has 28 heavy (non-hydrogen) atoms. The number of pyridine rings is 2. The first-order valence-electron chi connectivity index (χ1n) is 8.64.